The van der Waals surface area contributed by atoms with E-state index in [1.165, 1.54) is 49.6 Å². The smallest absolute Gasteiger partial charge is 0.200 e. The zero-order chi connectivity index (χ0) is 20.0. The number of unbranched alkanes of at least 4 members (excludes halogenated alkanes) is 6. The molecule has 1 N–H and O–H groups in total. The molecule has 5 heteroatoms. The number of benzene rings is 1. The van der Waals surface area contributed by atoms with Crippen molar-refractivity contribution in [3.05, 3.63) is 24.3 Å². The Hall–Kier alpha value is -1.62. The van der Waals surface area contributed by atoms with Crippen molar-refractivity contribution in [3.8, 4) is 0 Å². The Morgan fingerprint density at radius 3 is 2.43 bits per heavy atom. The van der Waals surface area contributed by atoms with Crippen LogP contribution in [-0.4, -0.2) is 30.6 Å². The first kappa shape index (κ1) is 22.7. The van der Waals surface area contributed by atoms with E-state index in [1.54, 1.807) is 11.3 Å². The van der Waals surface area contributed by atoms with Crippen LogP contribution in [0.2, 0.25) is 0 Å². The lowest BCUT2D eigenvalue weighted by atomic mass is 10.2. The summed E-state index contributed by atoms with van der Waals surface area (Å²) in [6.07, 6.45) is 10.9. The number of nitrogens with zero attached hydrogens (tertiary/aromatic N) is 3. The van der Waals surface area contributed by atoms with Crippen LogP contribution in [0, 0.1) is 0 Å². The van der Waals surface area contributed by atoms with Crippen LogP contribution in [0.1, 0.15) is 78.6 Å². The van der Waals surface area contributed by atoms with Gasteiger partial charge in [0.25, 0.3) is 0 Å². The molecule has 1 heterocycles. The van der Waals surface area contributed by atoms with Crippen molar-refractivity contribution in [2.45, 2.75) is 78.6 Å². The summed E-state index contributed by atoms with van der Waals surface area (Å²) in [6, 6.07) is 8.42. The van der Waals surface area contributed by atoms with E-state index in [1.807, 2.05) is 0 Å². The first-order valence-electron chi connectivity index (χ1n) is 11.2. The van der Waals surface area contributed by atoms with Crippen LogP contribution >= 0.6 is 11.3 Å². The third-order valence-corrected chi connectivity index (χ3v) is 5.90. The van der Waals surface area contributed by atoms with Gasteiger partial charge >= 0.3 is 0 Å². The van der Waals surface area contributed by atoms with Gasteiger partial charge in [0, 0.05) is 19.6 Å². The first-order chi connectivity index (χ1) is 13.8. The zero-order valence-electron chi connectivity index (χ0n) is 18.0. The zero-order valence-corrected chi connectivity index (χ0v) is 18.9. The number of rotatable bonds is 13. The summed E-state index contributed by atoms with van der Waals surface area (Å²) in [4.78, 5) is 12.2. The van der Waals surface area contributed by atoms with Gasteiger partial charge in [0.15, 0.2) is 11.1 Å². The highest BCUT2D eigenvalue weighted by atomic mass is 32.1. The molecule has 2 rings (SSSR count). The number of fused-ring (bicyclic) bond motifs is 1. The van der Waals surface area contributed by atoms with Gasteiger partial charge in [0.2, 0.25) is 0 Å². The predicted octanol–water partition coefficient (Wildman–Crippen LogP) is 6.62. The maximum atomic E-state index is 4.98. The molecule has 0 amide bonds. The van der Waals surface area contributed by atoms with Gasteiger partial charge in [-0.1, -0.05) is 82.8 Å². The lowest BCUT2D eigenvalue weighted by Crippen LogP contribution is -2.42. The molecule has 4 nitrogen and oxygen atoms in total. The number of hydrogen-bond donors (Lipinski definition) is 1. The molecule has 0 bridgehead atoms. The van der Waals surface area contributed by atoms with Gasteiger partial charge in [-0.15, -0.1) is 0 Å². The molecule has 0 saturated carbocycles. The maximum absolute atomic E-state index is 4.98. The van der Waals surface area contributed by atoms with Crippen molar-refractivity contribution >= 4 is 32.6 Å². The third-order valence-electron chi connectivity index (χ3n) is 4.84. The normalized spacial score (nSPS) is 11.9. The summed E-state index contributed by atoms with van der Waals surface area (Å²) in [5.41, 5.74) is 1.08. The fourth-order valence-corrected chi connectivity index (χ4v) is 4.14. The van der Waals surface area contributed by atoms with Crippen molar-refractivity contribution in [1.82, 2.24) is 10.3 Å². The number of aliphatic imine (C=N–C) groups is 1. The van der Waals surface area contributed by atoms with Gasteiger partial charge in [-0.3, -0.25) is 9.89 Å². The van der Waals surface area contributed by atoms with Gasteiger partial charge in [0.05, 0.1) is 10.2 Å². The van der Waals surface area contributed by atoms with E-state index in [0.29, 0.717) is 0 Å². The number of thiazole rings is 1. The molecule has 0 aliphatic carbocycles. The SMILES string of the molecule is CCCCCN=C(NCCCCC)N(CCCCC)c1nc2ccccc2s1. The van der Waals surface area contributed by atoms with Gasteiger partial charge in [-0.2, -0.15) is 0 Å². The van der Waals surface area contributed by atoms with Crippen LogP contribution in [0.4, 0.5) is 5.13 Å². The third kappa shape index (κ3) is 7.42. The highest BCUT2D eigenvalue weighted by molar-refractivity contribution is 7.22. The van der Waals surface area contributed by atoms with Crippen LogP contribution in [0.5, 0.6) is 0 Å². The van der Waals surface area contributed by atoms with Crippen LogP contribution in [0.3, 0.4) is 0 Å². The quantitative estimate of drug-likeness (QED) is 0.232. The number of aromatic nitrogens is 1. The standard InChI is InChI=1S/C23H38N4S/c1-4-7-12-17-24-22(25-18-13-8-5-2)27(19-14-9-6-3)23-26-20-15-10-11-16-21(20)28-23/h10-11,15-16H,4-9,12-14,17-19H2,1-3H3,(H,24,25). The van der Waals surface area contributed by atoms with Crippen molar-refractivity contribution in [2.24, 2.45) is 4.99 Å². The minimum Gasteiger partial charge on any atom is -0.356 e. The molecule has 0 saturated heterocycles. The van der Waals surface area contributed by atoms with E-state index >= 15 is 0 Å². The van der Waals surface area contributed by atoms with Gasteiger partial charge in [-0.05, 0) is 31.4 Å². The molecule has 0 aliphatic rings. The molecule has 1 aromatic heterocycles. The Morgan fingerprint density at radius 1 is 0.964 bits per heavy atom. The highest BCUT2D eigenvalue weighted by Crippen LogP contribution is 2.29. The number of hydrogen-bond acceptors (Lipinski definition) is 3. The van der Waals surface area contributed by atoms with Crippen molar-refractivity contribution in [2.75, 3.05) is 24.5 Å². The Kier molecular flexibility index (Phi) is 11.0. The minimum atomic E-state index is 0.888. The summed E-state index contributed by atoms with van der Waals surface area (Å²) in [5.74, 6) is 1.02. The van der Waals surface area contributed by atoms with E-state index in [9.17, 15) is 0 Å². The Morgan fingerprint density at radius 2 is 1.68 bits per heavy atom. The van der Waals surface area contributed by atoms with Crippen molar-refractivity contribution < 1.29 is 0 Å². The second-order valence-electron chi connectivity index (χ2n) is 7.37. The molecule has 0 spiro atoms. The Bertz CT molecular complexity index is 662. The summed E-state index contributed by atoms with van der Waals surface area (Å²) >= 11 is 1.77. The predicted molar refractivity (Wildman–Crippen MR) is 126 cm³/mol. The number of anilines is 1. The van der Waals surface area contributed by atoms with E-state index in [4.69, 9.17) is 9.98 Å². The summed E-state index contributed by atoms with van der Waals surface area (Å²) in [6.45, 7) is 9.59. The Labute approximate surface area is 175 Å². The van der Waals surface area contributed by atoms with Gasteiger partial charge in [-0.25, -0.2) is 4.98 Å². The fraction of sp³-hybridized carbons (Fsp3) is 0.652. The summed E-state index contributed by atoms with van der Waals surface area (Å²) in [7, 11) is 0. The molecule has 0 unspecified atom stereocenters. The highest BCUT2D eigenvalue weighted by Gasteiger charge is 2.17. The average Bonchev–Trinajstić information content (AvgIpc) is 3.14. The number of nitrogens with one attached hydrogen (secondary N) is 1. The minimum absolute atomic E-state index is 0.888. The molecule has 28 heavy (non-hydrogen) atoms. The second kappa shape index (κ2) is 13.5. The van der Waals surface area contributed by atoms with Crippen LogP contribution < -0.4 is 10.2 Å². The number of guanidine groups is 1. The second-order valence-corrected chi connectivity index (χ2v) is 8.38. The van der Waals surface area contributed by atoms with E-state index in [-0.39, 0.29) is 0 Å². The van der Waals surface area contributed by atoms with Crippen molar-refractivity contribution in [3.63, 3.8) is 0 Å². The first-order valence-corrected chi connectivity index (χ1v) is 12.0. The molecule has 0 fully saturated rings. The van der Waals surface area contributed by atoms with E-state index in [2.05, 4.69) is 55.3 Å². The lowest BCUT2D eigenvalue weighted by Gasteiger charge is -2.24. The van der Waals surface area contributed by atoms with Crippen LogP contribution in [-0.2, 0) is 0 Å². The number of para-hydroxylation sites is 1. The largest absolute Gasteiger partial charge is 0.356 e. The molecule has 0 aliphatic heterocycles. The average molecular weight is 403 g/mol. The van der Waals surface area contributed by atoms with Gasteiger partial charge < -0.3 is 5.32 Å². The molecule has 0 radical (unpaired) electrons. The van der Waals surface area contributed by atoms with Gasteiger partial charge in [0.1, 0.15) is 0 Å². The van der Waals surface area contributed by atoms with E-state index < -0.39 is 0 Å². The monoisotopic (exact) mass is 402 g/mol. The summed E-state index contributed by atoms with van der Waals surface area (Å²) < 4.78 is 1.24. The molecular weight excluding hydrogens is 364 g/mol. The van der Waals surface area contributed by atoms with Crippen LogP contribution in [0.15, 0.2) is 29.3 Å². The van der Waals surface area contributed by atoms with Crippen molar-refractivity contribution in [1.29, 1.82) is 0 Å². The lowest BCUT2D eigenvalue weighted by molar-refractivity contribution is 0.673. The topological polar surface area (TPSA) is 40.5 Å². The Balaban J connectivity index is 2.21. The van der Waals surface area contributed by atoms with E-state index in [0.717, 1.165) is 49.1 Å². The maximum Gasteiger partial charge on any atom is 0.200 e. The molecule has 0 atom stereocenters. The molecular formula is C23H38N4S. The molecule has 2 aromatic rings. The van der Waals surface area contributed by atoms with Crippen LogP contribution in [0.25, 0.3) is 10.2 Å². The molecule has 156 valence electrons. The summed E-state index contributed by atoms with van der Waals surface area (Å²) in [5, 5.41) is 4.71. The molecule has 1 aromatic carbocycles. The fourth-order valence-electron chi connectivity index (χ4n) is 3.15.